The summed E-state index contributed by atoms with van der Waals surface area (Å²) in [5.74, 6) is -0.685. The third-order valence-corrected chi connectivity index (χ3v) is 3.89. The van der Waals surface area contributed by atoms with Crippen LogP contribution in [0.2, 0.25) is 0 Å². The van der Waals surface area contributed by atoms with Crippen LogP contribution in [0.25, 0.3) is 0 Å². The van der Waals surface area contributed by atoms with Crippen molar-refractivity contribution in [3.63, 3.8) is 0 Å². The van der Waals surface area contributed by atoms with E-state index in [0.29, 0.717) is 6.54 Å². The predicted molar refractivity (Wildman–Crippen MR) is 69.6 cm³/mol. The topological polar surface area (TPSA) is 52.9 Å². The minimum Gasteiger partial charge on any atom is -0.350 e. The Morgan fingerprint density at radius 3 is 2.59 bits per heavy atom. The molecule has 1 aromatic rings. The van der Waals surface area contributed by atoms with Gasteiger partial charge in [-0.05, 0) is 31.4 Å². The van der Waals surface area contributed by atoms with Crippen molar-refractivity contribution < 1.29 is 4.79 Å². The van der Waals surface area contributed by atoms with Gasteiger partial charge in [-0.2, -0.15) is 5.26 Å². The fraction of sp³-hybridized carbons (Fsp3) is 0.538. The summed E-state index contributed by atoms with van der Waals surface area (Å²) in [6, 6.07) is 4.13. The summed E-state index contributed by atoms with van der Waals surface area (Å²) in [6.45, 7) is 8.41. The number of nitriles is 1. The van der Waals surface area contributed by atoms with Gasteiger partial charge in [0.2, 0.25) is 5.91 Å². The maximum Gasteiger partial charge on any atom is 0.237 e. The van der Waals surface area contributed by atoms with Crippen molar-refractivity contribution in [1.29, 1.82) is 5.26 Å². The van der Waals surface area contributed by atoms with Gasteiger partial charge in [0.1, 0.15) is 5.92 Å². The molecule has 0 bridgehead atoms. The number of thiophene rings is 1. The number of carbonyl (C=O) groups excluding carboxylic acids is 1. The molecule has 0 saturated carbocycles. The van der Waals surface area contributed by atoms with E-state index >= 15 is 0 Å². The van der Waals surface area contributed by atoms with Gasteiger partial charge in [-0.3, -0.25) is 4.79 Å². The number of nitrogens with zero attached hydrogens (tertiary/aromatic N) is 1. The van der Waals surface area contributed by atoms with Gasteiger partial charge in [0.05, 0.1) is 12.6 Å². The molecule has 1 heterocycles. The zero-order valence-electron chi connectivity index (χ0n) is 10.7. The lowest BCUT2D eigenvalue weighted by Gasteiger charge is -2.12. The van der Waals surface area contributed by atoms with Crippen molar-refractivity contribution >= 4 is 17.2 Å². The maximum atomic E-state index is 11.8. The van der Waals surface area contributed by atoms with Crippen LogP contribution in [0.3, 0.4) is 0 Å². The molecule has 0 aromatic carbocycles. The largest absolute Gasteiger partial charge is 0.350 e. The predicted octanol–water partition coefficient (Wildman–Crippen LogP) is 2.78. The number of nitrogens with one attached hydrogen (secondary N) is 1. The number of rotatable bonds is 4. The number of amides is 1. The van der Waals surface area contributed by atoms with Gasteiger partial charge in [0.25, 0.3) is 0 Å². The monoisotopic (exact) mass is 250 g/mol. The van der Waals surface area contributed by atoms with Gasteiger partial charge >= 0.3 is 0 Å². The second kappa shape index (κ2) is 5.83. The summed E-state index contributed by atoms with van der Waals surface area (Å²) in [7, 11) is 0. The Kier molecular flexibility index (Phi) is 4.71. The third kappa shape index (κ3) is 3.57. The van der Waals surface area contributed by atoms with E-state index in [9.17, 15) is 4.79 Å². The van der Waals surface area contributed by atoms with Crippen molar-refractivity contribution in [1.82, 2.24) is 5.32 Å². The Balaban J connectivity index is 2.57. The summed E-state index contributed by atoms with van der Waals surface area (Å²) in [5.41, 5.74) is 1.25. The van der Waals surface area contributed by atoms with Crippen molar-refractivity contribution in [2.45, 2.75) is 34.2 Å². The van der Waals surface area contributed by atoms with E-state index in [0.717, 1.165) is 4.88 Å². The summed E-state index contributed by atoms with van der Waals surface area (Å²) in [4.78, 5) is 14.2. The molecule has 0 fully saturated rings. The first-order valence-corrected chi connectivity index (χ1v) is 6.50. The van der Waals surface area contributed by atoms with Crippen molar-refractivity contribution in [3.05, 3.63) is 21.4 Å². The first kappa shape index (κ1) is 13.7. The highest BCUT2D eigenvalue weighted by Gasteiger charge is 2.21. The van der Waals surface area contributed by atoms with E-state index in [1.807, 2.05) is 19.9 Å². The molecular formula is C13H18N2OS. The first-order chi connectivity index (χ1) is 7.95. The van der Waals surface area contributed by atoms with Crippen molar-refractivity contribution in [2.75, 3.05) is 0 Å². The number of carbonyl (C=O) groups is 1. The SMILES string of the molecule is Cc1cc(CNC(=O)C(C#N)C(C)C)sc1C. The van der Waals surface area contributed by atoms with Gasteiger partial charge < -0.3 is 5.32 Å². The van der Waals surface area contributed by atoms with Gasteiger partial charge in [0, 0.05) is 9.75 Å². The molecule has 1 N–H and O–H groups in total. The van der Waals surface area contributed by atoms with Crippen LogP contribution < -0.4 is 5.32 Å². The number of aryl methyl sites for hydroxylation is 2. The van der Waals surface area contributed by atoms with Crippen LogP contribution in [-0.4, -0.2) is 5.91 Å². The lowest BCUT2D eigenvalue weighted by molar-refractivity contribution is -0.124. The second-order valence-electron chi connectivity index (χ2n) is 4.52. The number of hydrogen-bond acceptors (Lipinski definition) is 3. The van der Waals surface area contributed by atoms with Crippen LogP contribution in [0.15, 0.2) is 6.07 Å². The molecule has 0 aliphatic carbocycles. The highest BCUT2D eigenvalue weighted by Crippen LogP contribution is 2.20. The third-order valence-electron chi connectivity index (χ3n) is 2.74. The Labute approximate surface area is 106 Å². The van der Waals surface area contributed by atoms with Crippen LogP contribution in [0, 0.1) is 37.0 Å². The number of hydrogen-bond donors (Lipinski definition) is 1. The molecule has 0 aliphatic heterocycles. The highest BCUT2D eigenvalue weighted by atomic mass is 32.1. The fourth-order valence-electron chi connectivity index (χ4n) is 1.53. The van der Waals surface area contributed by atoms with Crippen molar-refractivity contribution in [2.24, 2.45) is 11.8 Å². The Morgan fingerprint density at radius 2 is 2.18 bits per heavy atom. The minimum atomic E-state index is -0.558. The molecule has 4 heteroatoms. The van der Waals surface area contributed by atoms with E-state index in [2.05, 4.69) is 25.2 Å². The molecule has 17 heavy (non-hydrogen) atoms. The molecule has 0 saturated heterocycles. The summed E-state index contributed by atoms with van der Waals surface area (Å²) >= 11 is 1.69. The van der Waals surface area contributed by atoms with Crippen LogP contribution in [0.1, 0.15) is 29.2 Å². The van der Waals surface area contributed by atoms with Crippen molar-refractivity contribution in [3.8, 4) is 6.07 Å². The standard InChI is InChI=1S/C13H18N2OS/c1-8(2)12(6-14)13(16)15-7-11-5-9(3)10(4)17-11/h5,8,12H,7H2,1-4H3,(H,15,16). The molecule has 0 spiro atoms. The van der Waals surface area contributed by atoms with Gasteiger partial charge in [-0.25, -0.2) is 0 Å². The quantitative estimate of drug-likeness (QED) is 0.893. The average Bonchev–Trinajstić information content (AvgIpc) is 2.56. The van der Waals surface area contributed by atoms with Crippen LogP contribution in [-0.2, 0) is 11.3 Å². The van der Waals surface area contributed by atoms with Crippen LogP contribution in [0.4, 0.5) is 0 Å². The molecule has 1 unspecified atom stereocenters. The molecule has 3 nitrogen and oxygen atoms in total. The van der Waals surface area contributed by atoms with E-state index in [4.69, 9.17) is 5.26 Å². The Hall–Kier alpha value is -1.34. The minimum absolute atomic E-state index is 0.0480. The van der Waals surface area contributed by atoms with Crippen LogP contribution in [0.5, 0.6) is 0 Å². The lowest BCUT2D eigenvalue weighted by Crippen LogP contribution is -2.32. The molecule has 0 aliphatic rings. The zero-order chi connectivity index (χ0) is 13.0. The molecule has 0 radical (unpaired) electrons. The zero-order valence-corrected chi connectivity index (χ0v) is 11.5. The van der Waals surface area contributed by atoms with E-state index in [1.54, 1.807) is 11.3 Å². The fourth-order valence-corrected chi connectivity index (χ4v) is 2.52. The van der Waals surface area contributed by atoms with Gasteiger partial charge in [-0.1, -0.05) is 13.8 Å². The summed E-state index contributed by atoms with van der Waals surface area (Å²) in [6.07, 6.45) is 0. The molecule has 1 rings (SSSR count). The van der Waals surface area contributed by atoms with Crippen LogP contribution >= 0.6 is 11.3 Å². The van der Waals surface area contributed by atoms with Gasteiger partial charge in [-0.15, -0.1) is 11.3 Å². The smallest absolute Gasteiger partial charge is 0.237 e. The highest BCUT2D eigenvalue weighted by molar-refractivity contribution is 7.12. The van der Waals surface area contributed by atoms with E-state index < -0.39 is 5.92 Å². The summed E-state index contributed by atoms with van der Waals surface area (Å²) < 4.78 is 0. The second-order valence-corrected chi connectivity index (χ2v) is 5.86. The summed E-state index contributed by atoms with van der Waals surface area (Å²) in [5, 5.41) is 11.7. The van der Waals surface area contributed by atoms with E-state index in [1.165, 1.54) is 10.4 Å². The Bertz CT molecular complexity index is 423. The molecule has 92 valence electrons. The average molecular weight is 250 g/mol. The molecular weight excluding hydrogens is 232 g/mol. The van der Waals surface area contributed by atoms with Gasteiger partial charge in [0.15, 0.2) is 0 Å². The normalized spacial score (nSPS) is 12.2. The molecule has 1 amide bonds. The Morgan fingerprint density at radius 1 is 1.53 bits per heavy atom. The maximum absolute atomic E-state index is 11.8. The molecule has 1 aromatic heterocycles. The van der Waals surface area contributed by atoms with E-state index in [-0.39, 0.29) is 11.8 Å². The first-order valence-electron chi connectivity index (χ1n) is 5.69. The molecule has 1 atom stereocenters. The lowest BCUT2D eigenvalue weighted by atomic mass is 9.97.